The van der Waals surface area contributed by atoms with Gasteiger partial charge in [-0.15, -0.1) is 0 Å². The lowest BCUT2D eigenvalue weighted by Crippen LogP contribution is -2.20. The Balaban J connectivity index is 1.75. The molecule has 0 amide bonds. The molecule has 2 aromatic rings. The molecule has 5 heteroatoms. The summed E-state index contributed by atoms with van der Waals surface area (Å²) in [7, 11) is 0. The molecule has 21 heavy (non-hydrogen) atoms. The minimum absolute atomic E-state index is 0.205. The van der Waals surface area contributed by atoms with Crippen molar-refractivity contribution in [2.75, 3.05) is 23.3 Å². The summed E-state index contributed by atoms with van der Waals surface area (Å²) in [6.45, 7) is 2.53. The monoisotopic (exact) mass is 349 g/mol. The third kappa shape index (κ3) is 3.35. The van der Waals surface area contributed by atoms with Gasteiger partial charge in [0.1, 0.15) is 5.82 Å². The smallest absolute Gasteiger partial charge is 0.151 e. The lowest BCUT2D eigenvalue weighted by molar-refractivity contribution is 0.612. The van der Waals surface area contributed by atoms with Crippen molar-refractivity contribution in [1.29, 1.82) is 0 Å². The number of aromatic nitrogens is 1. The molecule has 1 aromatic heterocycles. The third-order valence-electron chi connectivity index (χ3n) is 3.68. The van der Waals surface area contributed by atoms with Gasteiger partial charge in [-0.1, -0.05) is 22.0 Å². The second kappa shape index (κ2) is 6.43. The Hall–Kier alpha value is -1.62. The van der Waals surface area contributed by atoms with E-state index in [1.54, 1.807) is 12.3 Å². The zero-order valence-corrected chi connectivity index (χ0v) is 13.2. The van der Waals surface area contributed by atoms with Crippen molar-refractivity contribution in [1.82, 2.24) is 4.98 Å². The molecule has 0 saturated carbocycles. The van der Waals surface area contributed by atoms with Crippen LogP contribution in [0, 0.1) is 5.82 Å². The van der Waals surface area contributed by atoms with Crippen LogP contribution in [0.3, 0.4) is 0 Å². The highest BCUT2D eigenvalue weighted by molar-refractivity contribution is 9.10. The van der Waals surface area contributed by atoms with E-state index in [0.29, 0.717) is 12.1 Å². The minimum atomic E-state index is -0.205. The topological polar surface area (TPSA) is 28.2 Å². The number of halogens is 2. The molecule has 0 unspecified atom stereocenters. The van der Waals surface area contributed by atoms with E-state index in [1.165, 1.54) is 18.9 Å². The summed E-state index contributed by atoms with van der Waals surface area (Å²) >= 11 is 3.27. The molecule has 3 nitrogen and oxygen atoms in total. The van der Waals surface area contributed by atoms with E-state index in [1.807, 2.05) is 18.2 Å². The highest BCUT2D eigenvalue weighted by Crippen LogP contribution is 2.27. The second-order valence-corrected chi connectivity index (χ2v) is 6.07. The van der Waals surface area contributed by atoms with E-state index in [0.717, 1.165) is 29.1 Å². The Bertz CT molecular complexity index is 627. The molecule has 0 bridgehead atoms. The predicted octanol–water partition coefficient (Wildman–Crippen LogP) is 4.20. The van der Waals surface area contributed by atoms with Crippen molar-refractivity contribution >= 4 is 27.4 Å². The first-order valence-corrected chi connectivity index (χ1v) is 7.91. The van der Waals surface area contributed by atoms with Gasteiger partial charge in [-0.05, 0) is 37.1 Å². The summed E-state index contributed by atoms with van der Waals surface area (Å²) in [5.41, 5.74) is 1.61. The van der Waals surface area contributed by atoms with Crippen LogP contribution < -0.4 is 10.2 Å². The van der Waals surface area contributed by atoms with Crippen LogP contribution >= 0.6 is 15.9 Å². The summed E-state index contributed by atoms with van der Waals surface area (Å²) in [4.78, 5) is 6.75. The van der Waals surface area contributed by atoms with E-state index in [9.17, 15) is 4.39 Å². The maximum atomic E-state index is 13.9. The number of benzene rings is 1. The molecule has 1 aliphatic heterocycles. The van der Waals surface area contributed by atoms with E-state index in [-0.39, 0.29) is 5.82 Å². The third-order valence-corrected chi connectivity index (χ3v) is 4.17. The van der Waals surface area contributed by atoms with Gasteiger partial charge in [0, 0.05) is 35.9 Å². The van der Waals surface area contributed by atoms with E-state index < -0.39 is 0 Å². The van der Waals surface area contributed by atoms with Gasteiger partial charge in [-0.25, -0.2) is 9.37 Å². The van der Waals surface area contributed by atoms with Crippen LogP contribution in [0.15, 0.2) is 41.0 Å². The standard InChI is InChI=1S/C16H17BrFN3/c17-13-6-5-12(14(18)10-13)11-20-15-4-3-7-19-16(15)21-8-1-2-9-21/h3-7,10,20H,1-2,8-9,11H2. The molecule has 0 radical (unpaired) electrons. The molecule has 1 aliphatic rings. The number of hydrogen-bond acceptors (Lipinski definition) is 3. The molecule has 110 valence electrons. The quantitative estimate of drug-likeness (QED) is 0.896. The molecule has 1 aromatic carbocycles. The summed E-state index contributed by atoms with van der Waals surface area (Å²) in [6.07, 6.45) is 4.22. The van der Waals surface area contributed by atoms with Crippen molar-refractivity contribution in [3.8, 4) is 0 Å². The van der Waals surface area contributed by atoms with Crippen LogP contribution in [0.2, 0.25) is 0 Å². The minimum Gasteiger partial charge on any atom is -0.378 e. The Morgan fingerprint density at radius 2 is 2.05 bits per heavy atom. The number of nitrogens with zero attached hydrogens (tertiary/aromatic N) is 2. The number of nitrogens with one attached hydrogen (secondary N) is 1. The Morgan fingerprint density at radius 3 is 2.81 bits per heavy atom. The molecule has 1 fully saturated rings. The highest BCUT2D eigenvalue weighted by atomic mass is 79.9. The first kappa shape index (κ1) is 14.3. The zero-order valence-electron chi connectivity index (χ0n) is 11.6. The molecule has 3 rings (SSSR count). The highest BCUT2D eigenvalue weighted by Gasteiger charge is 2.16. The SMILES string of the molecule is Fc1cc(Br)ccc1CNc1cccnc1N1CCCC1. The maximum Gasteiger partial charge on any atom is 0.151 e. The van der Waals surface area contributed by atoms with Gasteiger partial charge in [0.15, 0.2) is 5.82 Å². The van der Waals surface area contributed by atoms with E-state index in [4.69, 9.17) is 0 Å². The number of pyridine rings is 1. The average Bonchev–Trinajstić information content (AvgIpc) is 3.01. The first-order valence-electron chi connectivity index (χ1n) is 7.12. The van der Waals surface area contributed by atoms with Crippen LogP contribution in [-0.2, 0) is 6.54 Å². The van der Waals surface area contributed by atoms with Gasteiger partial charge in [0.05, 0.1) is 5.69 Å². The Kier molecular flexibility index (Phi) is 4.39. The van der Waals surface area contributed by atoms with Crippen molar-refractivity contribution in [3.05, 3.63) is 52.4 Å². The number of anilines is 2. The van der Waals surface area contributed by atoms with Gasteiger partial charge in [-0.3, -0.25) is 0 Å². The maximum absolute atomic E-state index is 13.9. The summed E-state index contributed by atoms with van der Waals surface area (Å²) in [5.74, 6) is 0.760. The lowest BCUT2D eigenvalue weighted by atomic mass is 10.2. The Labute approximate surface area is 132 Å². The largest absolute Gasteiger partial charge is 0.378 e. The molecular weight excluding hydrogens is 333 g/mol. The molecule has 0 atom stereocenters. The molecule has 1 N–H and O–H groups in total. The van der Waals surface area contributed by atoms with Crippen LogP contribution in [0.1, 0.15) is 18.4 Å². The zero-order chi connectivity index (χ0) is 14.7. The van der Waals surface area contributed by atoms with Gasteiger partial charge >= 0.3 is 0 Å². The van der Waals surface area contributed by atoms with Crippen molar-refractivity contribution in [2.24, 2.45) is 0 Å². The normalized spacial score (nSPS) is 14.5. The average molecular weight is 350 g/mol. The fourth-order valence-electron chi connectivity index (χ4n) is 2.57. The van der Waals surface area contributed by atoms with Crippen LogP contribution in [-0.4, -0.2) is 18.1 Å². The predicted molar refractivity (Wildman–Crippen MR) is 87.1 cm³/mol. The van der Waals surface area contributed by atoms with Gasteiger partial charge in [0.25, 0.3) is 0 Å². The molecule has 1 saturated heterocycles. The molecule has 0 spiro atoms. The summed E-state index contributed by atoms with van der Waals surface area (Å²) < 4.78 is 14.6. The second-order valence-electron chi connectivity index (χ2n) is 5.16. The number of hydrogen-bond donors (Lipinski definition) is 1. The van der Waals surface area contributed by atoms with E-state index in [2.05, 4.69) is 31.1 Å². The molecule has 0 aliphatic carbocycles. The van der Waals surface area contributed by atoms with Gasteiger partial charge in [-0.2, -0.15) is 0 Å². The molecule has 2 heterocycles. The lowest BCUT2D eigenvalue weighted by Gasteiger charge is -2.20. The molecular formula is C16H17BrFN3. The number of rotatable bonds is 4. The van der Waals surface area contributed by atoms with Crippen LogP contribution in [0.4, 0.5) is 15.9 Å². The fraction of sp³-hybridized carbons (Fsp3) is 0.312. The van der Waals surface area contributed by atoms with E-state index >= 15 is 0 Å². The van der Waals surface area contributed by atoms with Crippen molar-refractivity contribution in [2.45, 2.75) is 19.4 Å². The van der Waals surface area contributed by atoms with Gasteiger partial charge in [0.2, 0.25) is 0 Å². The van der Waals surface area contributed by atoms with Gasteiger partial charge < -0.3 is 10.2 Å². The summed E-state index contributed by atoms with van der Waals surface area (Å²) in [5, 5.41) is 3.31. The summed E-state index contributed by atoms with van der Waals surface area (Å²) in [6, 6.07) is 9.03. The van der Waals surface area contributed by atoms with Crippen molar-refractivity contribution < 1.29 is 4.39 Å². The van der Waals surface area contributed by atoms with Crippen LogP contribution in [0.25, 0.3) is 0 Å². The Morgan fingerprint density at radius 1 is 1.24 bits per heavy atom. The first-order chi connectivity index (χ1) is 10.2. The fourth-order valence-corrected chi connectivity index (χ4v) is 2.90. The van der Waals surface area contributed by atoms with Crippen LogP contribution in [0.5, 0.6) is 0 Å². The van der Waals surface area contributed by atoms with Crippen molar-refractivity contribution in [3.63, 3.8) is 0 Å².